The third-order valence-electron chi connectivity index (χ3n) is 6.93. The molecule has 6 nitrogen and oxygen atoms in total. The van der Waals surface area contributed by atoms with Gasteiger partial charge in [-0.25, -0.2) is 0 Å². The molecule has 6 heteroatoms. The van der Waals surface area contributed by atoms with Crippen molar-refractivity contribution in [3.05, 3.63) is 42.2 Å². The number of nitrogens with one attached hydrogen (secondary N) is 1. The number of hydrogen-bond donors (Lipinski definition) is 1. The van der Waals surface area contributed by atoms with Crippen LogP contribution >= 0.6 is 0 Å². The Morgan fingerprint density at radius 2 is 1.90 bits per heavy atom. The van der Waals surface area contributed by atoms with Crippen molar-refractivity contribution in [1.82, 2.24) is 15.2 Å². The van der Waals surface area contributed by atoms with Crippen molar-refractivity contribution in [2.75, 3.05) is 19.7 Å². The summed E-state index contributed by atoms with van der Waals surface area (Å²) in [4.78, 5) is 31.4. The van der Waals surface area contributed by atoms with E-state index in [1.807, 2.05) is 29.2 Å². The molecule has 2 heterocycles. The zero-order valence-corrected chi connectivity index (χ0v) is 17.4. The topological polar surface area (TPSA) is 71.5 Å². The maximum atomic E-state index is 13.4. The zero-order chi connectivity index (χ0) is 20.7. The number of likely N-dealkylation sites (tertiary alicyclic amines) is 1. The van der Waals surface area contributed by atoms with Gasteiger partial charge in [-0.15, -0.1) is 0 Å². The second-order valence-corrected chi connectivity index (χ2v) is 9.23. The van der Waals surface area contributed by atoms with Gasteiger partial charge in [0.15, 0.2) is 0 Å². The number of amides is 2. The van der Waals surface area contributed by atoms with Gasteiger partial charge >= 0.3 is 0 Å². The molecule has 3 aliphatic rings. The molecule has 158 valence electrons. The summed E-state index contributed by atoms with van der Waals surface area (Å²) in [5.41, 5.74) is 0.673. The van der Waals surface area contributed by atoms with Crippen molar-refractivity contribution < 1.29 is 14.3 Å². The third kappa shape index (κ3) is 3.93. The highest BCUT2D eigenvalue weighted by Crippen LogP contribution is 2.39. The van der Waals surface area contributed by atoms with Crippen LogP contribution in [0.2, 0.25) is 0 Å². The lowest BCUT2D eigenvalue weighted by atomic mass is 9.77. The molecule has 1 aliphatic heterocycles. The van der Waals surface area contributed by atoms with Crippen LogP contribution in [0.4, 0.5) is 0 Å². The Labute approximate surface area is 177 Å². The van der Waals surface area contributed by atoms with Gasteiger partial charge in [0, 0.05) is 44.4 Å². The largest absolute Gasteiger partial charge is 0.376 e. The van der Waals surface area contributed by atoms with E-state index in [2.05, 4.69) is 10.3 Å². The highest BCUT2D eigenvalue weighted by atomic mass is 16.5. The van der Waals surface area contributed by atoms with E-state index >= 15 is 0 Å². The third-order valence-corrected chi connectivity index (χ3v) is 6.93. The first kappa shape index (κ1) is 19.5. The van der Waals surface area contributed by atoms with Crippen LogP contribution in [0.1, 0.15) is 43.0 Å². The first-order chi connectivity index (χ1) is 14.6. The Kier molecular flexibility index (Phi) is 5.19. The number of aromatic nitrogens is 1. The molecular formula is C24H29N3O3. The quantitative estimate of drug-likeness (QED) is 0.827. The van der Waals surface area contributed by atoms with E-state index in [1.165, 1.54) is 12.8 Å². The van der Waals surface area contributed by atoms with Gasteiger partial charge in [0.05, 0.1) is 17.7 Å². The molecule has 1 N–H and O–H groups in total. The molecule has 4 atom stereocenters. The number of rotatable bonds is 5. The van der Waals surface area contributed by atoms with Crippen molar-refractivity contribution in [3.63, 3.8) is 0 Å². The molecule has 0 unspecified atom stereocenters. The lowest BCUT2D eigenvalue weighted by Crippen LogP contribution is -2.50. The van der Waals surface area contributed by atoms with Crippen LogP contribution in [-0.2, 0) is 9.53 Å². The second-order valence-electron chi connectivity index (χ2n) is 9.23. The van der Waals surface area contributed by atoms with Crippen LogP contribution in [0.3, 0.4) is 0 Å². The molecule has 0 bridgehead atoms. The molecule has 1 aromatic carbocycles. The lowest BCUT2D eigenvalue weighted by molar-refractivity contribution is -0.122. The zero-order valence-electron chi connectivity index (χ0n) is 17.4. The van der Waals surface area contributed by atoms with Crippen molar-refractivity contribution in [3.8, 4) is 0 Å². The summed E-state index contributed by atoms with van der Waals surface area (Å²) in [7, 11) is 0. The molecule has 0 spiro atoms. The van der Waals surface area contributed by atoms with E-state index in [0.717, 1.165) is 43.3 Å². The highest BCUT2D eigenvalue weighted by Gasteiger charge is 2.44. The number of ether oxygens (including phenoxy) is 1. The molecule has 1 saturated heterocycles. The molecule has 2 saturated carbocycles. The molecule has 3 fully saturated rings. The first-order valence-electron chi connectivity index (χ1n) is 11.1. The number of carbonyl (C=O) groups excluding carboxylic acids is 2. The number of pyridine rings is 1. The minimum atomic E-state index is -0.00812. The summed E-state index contributed by atoms with van der Waals surface area (Å²) in [5, 5.41) is 5.05. The maximum absolute atomic E-state index is 13.4. The van der Waals surface area contributed by atoms with Gasteiger partial charge in [-0.2, -0.15) is 0 Å². The van der Waals surface area contributed by atoms with Gasteiger partial charge in [-0.3, -0.25) is 14.6 Å². The van der Waals surface area contributed by atoms with Crippen molar-refractivity contribution in [2.24, 2.45) is 17.8 Å². The Balaban J connectivity index is 1.32. The van der Waals surface area contributed by atoms with Gasteiger partial charge in [0.2, 0.25) is 5.91 Å². The smallest absolute Gasteiger partial charge is 0.256 e. The fourth-order valence-electron chi connectivity index (χ4n) is 5.18. The predicted molar refractivity (Wildman–Crippen MR) is 114 cm³/mol. The first-order valence-corrected chi connectivity index (χ1v) is 11.1. The number of benzene rings is 1. The van der Waals surface area contributed by atoms with Crippen molar-refractivity contribution >= 4 is 22.6 Å². The molecular weight excluding hydrogens is 378 g/mol. The summed E-state index contributed by atoms with van der Waals surface area (Å²) in [6.45, 7) is 3.85. The number of carbonyl (C=O) groups is 2. The Morgan fingerprint density at radius 3 is 2.67 bits per heavy atom. The minimum absolute atomic E-state index is 0.00812. The summed E-state index contributed by atoms with van der Waals surface area (Å²) in [6, 6.07) is 7.94. The van der Waals surface area contributed by atoms with E-state index in [4.69, 9.17) is 4.74 Å². The van der Waals surface area contributed by atoms with Gasteiger partial charge < -0.3 is 15.0 Å². The fourth-order valence-corrected chi connectivity index (χ4v) is 5.18. The normalized spacial score (nSPS) is 28.4. The van der Waals surface area contributed by atoms with E-state index in [0.29, 0.717) is 23.3 Å². The second kappa shape index (κ2) is 7.99. The summed E-state index contributed by atoms with van der Waals surface area (Å²) in [5.74, 6) is 1.56. The van der Waals surface area contributed by atoms with Crippen LogP contribution in [0, 0.1) is 17.8 Å². The predicted octanol–water partition coefficient (Wildman–Crippen LogP) is 3.02. The number of nitrogens with zero attached hydrogens (tertiary/aromatic N) is 2. The van der Waals surface area contributed by atoms with Gasteiger partial charge in [0.25, 0.3) is 5.91 Å². The molecule has 0 radical (unpaired) electrons. The van der Waals surface area contributed by atoms with E-state index in [9.17, 15) is 9.59 Å². The van der Waals surface area contributed by atoms with Crippen molar-refractivity contribution in [1.29, 1.82) is 0 Å². The number of hydrogen-bond acceptors (Lipinski definition) is 4. The lowest BCUT2D eigenvalue weighted by Gasteiger charge is -2.38. The van der Waals surface area contributed by atoms with E-state index in [-0.39, 0.29) is 24.0 Å². The molecule has 30 heavy (non-hydrogen) atoms. The van der Waals surface area contributed by atoms with Crippen LogP contribution in [-0.4, -0.2) is 53.5 Å². The average molecular weight is 408 g/mol. The van der Waals surface area contributed by atoms with Gasteiger partial charge in [-0.05, 0) is 48.8 Å². The van der Waals surface area contributed by atoms with Gasteiger partial charge in [0.1, 0.15) is 0 Å². The Bertz CT molecular complexity index is 952. The molecule has 2 amide bonds. The molecule has 1 aromatic heterocycles. The Morgan fingerprint density at radius 1 is 1.13 bits per heavy atom. The number of fused-ring (bicyclic) bond motifs is 2. The fraction of sp³-hybridized carbons (Fsp3) is 0.542. The molecule has 2 aliphatic carbocycles. The van der Waals surface area contributed by atoms with Crippen molar-refractivity contribution in [2.45, 2.75) is 44.8 Å². The molecule has 5 rings (SSSR count). The standard InChI is InChI=1S/C24H29N3O3/c1-15(28)26-22-8-18-12-27(13-19(18)9-23(22)30-14-16-6-7-16)24(29)21-11-25-10-17-4-2-3-5-20(17)21/h2-5,10-11,16,18-19,22-23H,6-9,12-14H2,1H3,(H,26,28)/t18-,19+,22-,23-/m1/s1. The van der Waals surface area contributed by atoms with E-state index in [1.54, 1.807) is 19.3 Å². The Hall–Kier alpha value is -2.47. The van der Waals surface area contributed by atoms with Crippen LogP contribution in [0.15, 0.2) is 36.7 Å². The minimum Gasteiger partial charge on any atom is -0.376 e. The summed E-state index contributed by atoms with van der Waals surface area (Å²) in [6.07, 6.45) is 7.82. The molecule has 2 aromatic rings. The van der Waals surface area contributed by atoms with Gasteiger partial charge in [-0.1, -0.05) is 24.3 Å². The monoisotopic (exact) mass is 407 g/mol. The summed E-state index contributed by atoms with van der Waals surface area (Å²) >= 11 is 0. The SMILES string of the molecule is CC(=O)N[C@@H]1C[C@@H]2CN(C(=O)c3cncc4ccccc34)C[C@@H]2C[C@H]1OCC1CC1. The summed E-state index contributed by atoms with van der Waals surface area (Å²) < 4.78 is 6.24. The van der Waals surface area contributed by atoms with Crippen LogP contribution in [0.5, 0.6) is 0 Å². The van der Waals surface area contributed by atoms with E-state index < -0.39 is 0 Å². The highest BCUT2D eigenvalue weighted by molar-refractivity contribution is 6.06. The average Bonchev–Trinajstić information content (AvgIpc) is 3.48. The van der Waals surface area contributed by atoms with Crippen LogP contribution in [0.25, 0.3) is 10.8 Å². The maximum Gasteiger partial charge on any atom is 0.256 e. The van der Waals surface area contributed by atoms with Crippen LogP contribution < -0.4 is 5.32 Å².